The number of primary amides is 1. The zero-order valence-corrected chi connectivity index (χ0v) is 13.7. The maximum absolute atomic E-state index is 11.7. The van der Waals surface area contributed by atoms with Crippen molar-refractivity contribution in [2.75, 3.05) is 6.54 Å². The van der Waals surface area contributed by atoms with E-state index < -0.39 is 5.54 Å². The van der Waals surface area contributed by atoms with Gasteiger partial charge in [0.1, 0.15) is 0 Å². The van der Waals surface area contributed by atoms with Crippen LogP contribution in [-0.2, 0) is 4.79 Å². The van der Waals surface area contributed by atoms with Crippen LogP contribution in [0.5, 0.6) is 0 Å². The topological polar surface area (TPSA) is 68.0 Å². The Morgan fingerprint density at radius 2 is 2.30 bits per heavy atom. The number of thioether (sulfide) groups is 1. The Kier molecular flexibility index (Phi) is 6.79. The largest absolute Gasteiger partial charge is 0.368 e. The molecule has 1 heterocycles. The van der Waals surface area contributed by atoms with Gasteiger partial charge in [-0.25, -0.2) is 4.98 Å². The summed E-state index contributed by atoms with van der Waals surface area (Å²) in [5.41, 5.74) is 4.84. The molecule has 0 aliphatic carbocycles. The van der Waals surface area contributed by atoms with Gasteiger partial charge in [-0.05, 0) is 38.4 Å². The summed E-state index contributed by atoms with van der Waals surface area (Å²) >= 11 is 7.42. The highest BCUT2D eigenvalue weighted by Gasteiger charge is 2.32. The van der Waals surface area contributed by atoms with E-state index in [1.54, 1.807) is 18.0 Å². The summed E-state index contributed by atoms with van der Waals surface area (Å²) in [4.78, 5) is 15.9. The Morgan fingerprint density at radius 1 is 1.60 bits per heavy atom. The number of carbonyl (C=O) groups excluding carboxylic acids is 1. The van der Waals surface area contributed by atoms with E-state index in [2.05, 4.69) is 24.1 Å². The minimum atomic E-state index is -0.686. The van der Waals surface area contributed by atoms with Gasteiger partial charge in [0.05, 0.1) is 15.6 Å². The molecule has 4 nitrogen and oxygen atoms in total. The fourth-order valence-corrected chi connectivity index (χ4v) is 3.12. The maximum atomic E-state index is 11.7. The monoisotopic (exact) mass is 315 g/mol. The molecule has 0 radical (unpaired) electrons. The van der Waals surface area contributed by atoms with Crippen molar-refractivity contribution < 1.29 is 4.79 Å². The first kappa shape index (κ1) is 17.3. The molecule has 0 saturated heterocycles. The van der Waals surface area contributed by atoms with E-state index in [-0.39, 0.29) is 11.2 Å². The molecule has 1 amide bonds. The van der Waals surface area contributed by atoms with Gasteiger partial charge >= 0.3 is 0 Å². The number of pyridine rings is 1. The van der Waals surface area contributed by atoms with Crippen molar-refractivity contribution in [1.29, 1.82) is 0 Å². The van der Waals surface area contributed by atoms with E-state index in [0.717, 1.165) is 18.0 Å². The molecular weight excluding hydrogens is 294 g/mol. The first-order valence-electron chi connectivity index (χ1n) is 6.70. The molecule has 1 aromatic heterocycles. The number of nitrogens with one attached hydrogen (secondary N) is 1. The fourth-order valence-electron chi connectivity index (χ4n) is 1.92. The predicted octanol–water partition coefficient (Wildman–Crippen LogP) is 2.85. The quantitative estimate of drug-likeness (QED) is 0.724. The average molecular weight is 316 g/mol. The minimum absolute atomic E-state index is 0.213. The number of nitrogens with zero attached hydrogens (tertiary/aromatic N) is 1. The molecule has 20 heavy (non-hydrogen) atoms. The van der Waals surface area contributed by atoms with Crippen molar-refractivity contribution in [1.82, 2.24) is 10.3 Å². The molecular formula is C14H22ClN3OS. The van der Waals surface area contributed by atoms with Crippen LogP contribution in [0.4, 0.5) is 0 Å². The van der Waals surface area contributed by atoms with Crippen LogP contribution in [0.15, 0.2) is 23.4 Å². The Morgan fingerprint density at radius 3 is 2.80 bits per heavy atom. The molecule has 3 N–H and O–H groups in total. The van der Waals surface area contributed by atoms with E-state index in [0.29, 0.717) is 11.4 Å². The molecule has 112 valence electrons. The first-order valence-corrected chi connectivity index (χ1v) is 7.96. The lowest BCUT2D eigenvalue weighted by Crippen LogP contribution is -2.54. The third-order valence-corrected chi connectivity index (χ3v) is 4.30. The van der Waals surface area contributed by atoms with Crippen LogP contribution in [0.2, 0.25) is 5.02 Å². The second kappa shape index (κ2) is 7.86. The summed E-state index contributed by atoms with van der Waals surface area (Å²) in [6.07, 6.45) is 3.24. The maximum Gasteiger partial charge on any atom is 0.237 e. The van der Waals surface area contributed by atoms with Gasteiger partial charge in [0.25, 0.3) is 0 Å². The molecule has 0 aliphatic rings. The van der Waals surface area contributed by atoms with Crippen molar-refractivity contribution in [3.63, 3.8) is 0 Å². The van der Waals surface area contributed by atoms with E-state index in [9.17, 15) is 4.79 Å². The number of nitrogens with two attached hydrogens (primary N) is 1. The van der Waals surface area contributed by atoms with Crippen LogP contribution >= 0.6 is 23.4 Å². The lowest BCUT2D eigenvalue weighted by atomic mass is 9.95. The molecule has 2 unspecified atom stereocenters. The molecule has 0 saturated carbocycles. The Bertz CT molecular complexity index is 441. The Hall–Kier alpha value is -0.780. The van der Waals surface area contributed by atoms with E-state index in [1.807, 2.05) is 19.1 Å². The second-order valence-corrected chi connectivity index (χ2v) is 6.97. The average Bonchev–Trinajstić information content (AvgIpc) is 2.39. The van der Waals surface area contributed by atoms with Gasteiger partial charge in [-0.3, -0.25) is 4.79 Å². The summed E-state index contributed by atoms with van der Waals surface area (Å²) in [5.74, 6) is -0.317. The van der Waals surface area contributed by atoms with Crippen molar-refractivity contribution in [2.45, 2.75) is 49.4 Å². The molecule has 1 aromatic rings. The van der Waals surface area contributed by atoms with Gasteiger partial charge in [0.2, 0.25) is 5.91 Å². The molecule has 0 fully saturated rings. The number of carbonyl (C=O) groups is 1. The third-order valence-electron chi connectivity index (χ3n) is 3.03. The lowest BCUT2D eigenvalue weighted by Gasteiger charge is -2.30. The Labute approximate surface area is 129 Å². The number of halogens is 1. The van der Waals surface area contributed by atoms with Crippen LogP contribution in [-0.4, -0.2) is 28.2 Å². The third kappa shape index (κ3) is 5.31. The van der Waals surface area contributed by atoms with Crippen LogP contribution in [0.25, 0.3) is 0 Å². The van der Waals surface area contributed by atoms with Crippen molar-refractivity contribution in [2.24, 2.45) is 5.73 Å². The Balaban J connectivity index is 2.64. The van der Waals surface area contributed by atoms with Crippen LogP contribution in [0.1, 0.15) is 33.6 Å². The number of amides is 1. The summed E-state index contributed by atoms with van der Waals surface area (Å²) < 4.78 is 0. The number of hydrogen-bond acceptors (Lipinski definition) is 4. The van der Waals surface area contributed by atoms with Gasteiger partial charge < -0.3 is 11.1 Å². The minimum Gasteiger partial charge on any atom is -0.368 e. The summed E-state index contributed by atoms with van der Waals surface area (Å²) in [5, 5.41) is 4.97. The zero-order valence-electron chi connectivity index (χ0n) is 12.1. The van der Waals surface area contributed by atoms with Gasteiger partial charge in [-0.15, -0.1) is 11.8 Å². The van der Waals surface area contributed by atoms with E-state index in [4.69, 9.17) is 17.3 Å². The molecule has 0 spiro atoms. The molecule has 1 rings (SSSR count). The van der Waals surface area contributed by atoms with Gasteiger partial charge in [-0.1, -0.05) is 25.4 Å². The highest BCUT2D eigenvalue weighted by molar-refractivity contribution is 7.99. The van der Waals surface area contributed by atoms with E-state index >= 15 is 0 Å². The van der Waals surface area contributed by atoms with Crippen LogP contribution in [0.3, 0.4) is 0 Å². The zero-order chi connectivity index (χ0) is 15.2. The SMILES string of the molecule is CCCNC(C)(CC(C)Sc1ccc(Cl)cn1)C(N)=O. The van der Waals surface area contributed by atoms with Crippen LogP contribution in [0, 0.1) is 0 Å². The van der Waals surface area contributed by atoms with Crippen molar-refractivity contribution >= 4 is 29.3 Å². The van der Waals surface area contributed by atoms with Gasteiger partial charge in [-0.2, -0.15) is 0 Å². The number of rotatable bonds is 8. The molecule has 6 heteroatoms. The summed E-state index contributed by atoms with van der Waals surface area (Å²) in [6, 6.07) is 3.69. The molecule has 0 bridgehead atoms. The standard InChI is InChI=1S/C14H22ClN3OS/c1-4-7-18-14(3,13(16)19)8-10(2)20-12-6-5-11(15)9-17-12/h5-6,9-10,18H,4,7-8H2,1-3H3,(H2,16,19). The van der Waals surface area contributed by atoms with Gasteiger partial charge in [0.15, 0.2) is 0 Å². The summed E-state index contributed by atoms with van der Waals surface area (Å²) in [6.45, 7) is 6.76. The van der Waals surface area contributed by atoms with Gasteiger partial charge in [0, 0.05) is 11.4 Å². The molecule has 0 aliphatic heterocycles. The lowest BCUT2D eigenvalue weighted by molar-refractivity contribution is -0.124. The van der Waals surface area contributed by atoms with E-state index in [1.165, 1.54) is 0 Å². The number of aromatic nitrogens is 1. The highest BCUT2D eigenvalue weighted by atomic mass is 35.5. The second-order valence-electron chi connectivity index (χ2n) is 5.07. The highest BCUT2D eigenvalue weighted by Crippen LogP contribution is 2.28. The molecule has 2 atom stereocenters. The first-order chi connectivity index (χ1) is 9.37. The molecule has 0 aromatic carbocycles. The smallest absolute Gasteiger partial charge is 0.237 e. The summed E-state index contributed by atoms with van der Waals surface area (Å²) in [7, 11) is 0. The van der Waals surface area contributed by atoms with Crippen molar-refractivity contribution in [3.8, 4) is 0 Å². The predicted molar refractivity (Wildman–Crippen MR) is 85.1 cm³/mol. The normalized spacial score (nSPS) is 15.6. The van der Waals surface area contributed by atoms with Crippen molar-refractivity contribution in [3.05, 3.63) is 23.4 Å². The number of hydrogen-bond donors (Lipinski definition) is 2. The fraction of sp³-hybridized carbons (Fsp3) is 0.571. The van der Waals surface area contributed by atoms with Crippen LogP contribution < -0.4 is 11.1 Å².